The van der Waals surface area contributed by atoms with Crippen molar-refractivity contribution in [3.63, 3.8) is 0 Å². The zero-order valence-electron chi connectivity index (χ0n) is 9.57. The van der Waals surface area contributed by atoms with Crippen molar-refractivity contribution in [2.75, 3.05) is 0 Å². The molecule has 1 atom stereocenters. The highest BCUT2D eigenvalue weighted by Gasteiger charge is 2.18. The summed E-state index contributed by atoms with van der Waals surface area (Å²) in [5, 5.41) is 11.5. The van der Waals surface area contributed by atoms with Crippen molar-refractivity contribution in [3.8, 4) is 0 Å². The van der Waals surface area contributed by atoms with Crippen molar-refractivity contribution in [3.05, 3.63) is 35.9 Å². The number of Topliss-reactive ketones (excluding diaryl/α,β-unsaturated/α-hetero) is 1. The second-order valence-corrected chi connectivity index (χ2v) is 4.88. The van der Waals surface area contributed by atoms with E-state index >= 15 is 0 Å². The summed E-state index contributed by atoms with van der Waals surface area (Å²) in [6.45, 7) is 1.86. The van der Waals surface area contributed by atoms with Gasteiger partial charge in [0.1, 0.15) is 0 Å². The highest BCUT2D eigenvalue weighted by Crippen LogP contribution is 2.22. The number of aryl methyl sites for hydroxylation is 1. The third kappa shape index (κ3) is 2.71. The molecule has 6 heteroatoms. The molecule has 0 bridgehead atoms. The summed E-state index contributed by atoms with van der Waals surface area (Å²) >= 11 is 1.36. The van der Waals surface area contributed by atoms with Crippen LogP contribution in [-0.4, -0.2) is 31.2 Å². The second kappa shape index (κ2) is 5.09. The summed E-state index contributed by atoms with van der Waals surface area (Å²) < 4.78 is 1.56. The number of carbonyl (C=O) groups excluding carboxylic acids is 1. The summed E-state index contributed by atoms with van der Waals surface area (Å²) in [7, 11) is 1.75. The molecule has 0 unspecified atom stereocenters. The van der Waals surface area contributed by atoms with Crippen LogP contribution in [0.4, 0.5) is 0 Å². The molecule has 88 valence electrons. The maximum absolute atomic E-state index is 12.1. The van der Waals surface area contributed by atoms with Gasteiger partial charge in [0, 0.05) is 12.6 Å². The molecule has 2 aromatic rings. The number of thioether (sulfide) groups is 1. The Hall–Kier alpha value is -1.69. The number of tetrazole rings is 1. The molecule has 0 aliphatic carbocycles. The van der Waals surface area contributed by atoms with E-state index in [1.807, 2.05) is 37.3 Å². The molecule has 1 aromatic carbocycles. The van der Waals surface area contributed by atoms with E-state index in [9.17, 15) is 4.79 Å². The van der Waals surface area contributed by atoms with Crippen LogP contribution in [0.5, 0.6) is 0 Å². The minimum atomic E-state index is -0.206. The molecule has 5 nitrogen and oxygen atoms in total. The fraction of sp³-hybridized carbons (Fsp3) is 0.273. The Morgan fingerprint density at radius 1 is 1.35 bits per heavy atom. The number of nitrogens with zero attached hydrogens (tertiary/aromatic N) is 4. The van der Waals surface area contributed by atoms with Crippen LogP contribution in [0, 0.1) is 0 Å². The fourth-order valence-electron chi connectivity index (χ4n) is 1.37. The lowest BCUT2D eigenvalue weighted by atomic mass is 10.1. The molecule has 0 saturated heterocycles. The van der Waals surface area contributed by atoms with Gasteiger partial charge in [0.2, 0.25) is 5.16 Å². The summed E-state index contributed by atoms with van der Waals surface area (Å²) in [5.41, 5.74) is 0.711. The van der Waals surface area contributed by atoms with Gasteiger partial charge in [-0.2, -0.15) is 0 Å². The molecule has 0 N–H and O–H groups in total. The van der Waals surface area contributed by atoms with E-state index in [-0.39, 0.29) is 11.0 Å². The van der Waals surface area contributed by atoms with Crippen molar-refractivity contribution in [2.24, 2.45) is 7.05 Å². The Balaban J connectivity index is 2.09. The standard InChI is InChI=1S/C11H12N4OS/c1-8(17-11-12-13-14-15(11)2)10(16)9-6-4-3-5-7-9/h3-8H,1-2H3/t8-/m0/s1. The third-order valence-electron chi connectivity index (χ3n) is 2.29. The average Bonchev–Trinajstić information content (AvgIpc) is 2.75. The lowest BCUT2D eigenvalue weighted by Crippen LogP contribution is -2.14. The third-order valence-corrected chi connectivity index (χ3v) is 3.42. The van der Waals surface area contributed by atoms with Gasteiger partial charge in [-0.1, -0.05) is 42.1 Å². The minimum absolute atomic E-state index is 0.0820. The molecule has 0 aliphatic heterocycles. The SMILES string of the molecule is C[C@H](Sc1nnnn1C)C(=O)c1ccccc1. The Labute approximate surface area is 103 Å². The first-order valence-corrected chi connectivity index (χ1v) is 6.04. The van der Waals surface area contributed by atoms with Gasteiger partial charge in [-0.05, 0) is 17.4 Å². The van der Waals surface area contributed by atoms with E-state index < -0.39 is 0 Å². The summed E-state index contributed by atoms with van der Waals surface area (Å²) in [6.07, 6.45) is 0. The first kappa shape index (κ1) is 11.8. The second-order valence-electron chi connectivity index (χ2n) is 3.58. The lowest BCUT2D eigenvalue weighted by molar-refractivity contribution is 0.0994. The Morgan fingerprint density at radius 3 is 2.65 bits per heavy atom. The smallest absolute Gasteiger partial charge is 0.209 e. The Bertz CT molecular complexity index is 511. The van der Waals surface area contributed by atoms with Crippen LogP contribution in [0.3, 0.4) is 0 Å². The normalized spacial score (nSPS) is 12.4. The van der Waals surface area contributed by atoms with Crippen molar-refractivity contribution in [1.29, 1.82) is 0 Å². The Kier molecular flexibility index (Phi) is 3.53. The van der Waals surface area contributed by atoms with Crippen LogP contribution in [0.15, 0.2) is 35.5 Å². The molecule has 17 heavy (non-hydrogen) atoms. The monoisotopic (exact) mass is 248 g/mol. The van der Waals surface area contributed by atoms with Gasteiger partial charge in [-0.3, -0.25) is 4.79 Å². The Morgan fingerprint density at radius 2 is 2.06 bits per heavy atom. The minimum Gasteiger partial charge on any atom is -0.293 e. The van der Waals surface area contributed by atoms with Gasteiger partial charge in [0.05, 0.1) is 5.25 Å². The van der Waals surface area contributed by atoms with Crippen LogP contribution in [0.25, 0.3) is 0 Å². The molecule has 0 aliphatic rings. The van der Waals surface area contributed by atoms with Crippen LogP contribution < -0.4 is 0 Å². The summed E-state index contributed by atoms with van der Waals surface area (Å²) in [6, 6.07) is 9.23. The number of hydrogen-bond acceptors (Lipinski definition) is 5. The number of carbonyl (C=O) groups is 1. The molecular formula is C11H12N4OS. The van der Waals surface area contributed by atoms with Gasteiger partial charge in [0.15, 0.2) is 5.78 Å². The maximum atomic E-state index is 12.1. The molecule has 0 spiro atoms. The molecule has 0 radical (unpaired) electrons. The van der Waals surface area contributed by atoms with E-state index in [4.69, 9.17) is 0 Å². The number of benzene rings is 1. The number of hydrogen-bond donors (Lipinski definition) is 0. The van der Waals surface area contributed by atoms with E-state index in [1.165, 1.54) is 11.8 Å². The molecule has 1 aromatic heterocycles. The summed E-state index contributed by atoms with van der Waals surface area (Å²) in [4.78, 5) is 12.1. The molecule has 2 rings (SSSR count). The van der Waals surface area contributed by atoms with E-state index in [1.54, 1.807) is 11.7 Å². The van der Waals surface area contributed by atoms with Gasteiger partial charge in [-0.25, -0.2) is 4.68 Å². The zero-order chi connectivity index (χ0) is 12.3. The van der Waals surface area contributed by atoms with Gasteiger partial charge < -0.3 is 0 Å². The highest BCUT2D eigenvalue weighted by atomic mass is 32.2. The zero-order valence-corrected chi connectivity index (χ0v) is 10.4. The first-order chi connectivity index (χ1) is 8.18. The number of ketones is 1. The van der Waals surface area contributed by atoms with E-state index in [0.717, 1.165) is 0 Å². The van der Waals surface area contributed by atoms with Gasteiger partial charge >= 0.3 is 0 Å². The predicted octanol–water partition coefficient (Wildman–Crippen LogP) is 1.57. The number of aromatic nitrogens is 4. The van der Waals surface area contributed by atoms with Gasteiger partial charge in [-0.15, -0.1) is 5.10 Å². The van der Waals surface area contributed by atoms with Crippen LogP contribution in [0.1, 0.15) is 17.3 Å². The average molecular weight is 248 g/mol. The number of rotatable bonds is 4. The first-order valence-electron chi connectivity index (χ1n) is 5.17. The quantitative estimate of drug-likeness (QED) is 0.607. The maximum Gasteiger partial charge on any atom is 0.209 e. The molecule has 1 heterocycles. The summed E-state index contributed by atoms with van der Waals surface area (Å²) in [5.74, 6) is 0.0820. The van der Waals surface area contributed by atoms with Gasteiger partial charge in [0.25, 0.3) is 0 Å². The van der Waals surface area contributed by atoms with Crippen molar-refractivity contribution >= 4 is 17.5 Å². The van der Waals surface area contributed by atoms with E-state index in [0.29, 0.717) is 10.7 Å². The largest absolute Gasteiger partial charge is 0.293 e. The topological polar surface area (TPSA) is 60.7 Å². The molecule has 0 amide bonds. The molecule has 0 fully saturated rings. The van der Waals surface area contributed by atoms with Crippen LogP contribution in [-0.2, 0) is 7.05 Å². The van der Waals surface area contributed by atoms with Crippen molar-refractivity contribution in [1.82, 2.24) is 20.2 Å². The molecular weight excluding hydrogens is 236 g/mol. The predicted molar refractivity (Wildman–Crippen MR) is 64.9 cm³/mol. The lowest BCUT2D eigenvalue weighted by Gasteiger charge is -2.08. The molecule has 0 saturated carbocycles. The van der Waals surface area contributed by atoms with Crippen LogP contribution >= 0.6 is 11.8 Å². The van der Waals surface area contributed by atoms with Crippen molar-refractivity contribution in [2.45, 2.75) is 17.3 Å². The van der Waals surface area contributed by atoms with Crippen molar-refractivity contribution < 1.29 is 4.79 Å². The highest BCUT2D eigenvalue weighted by molar-refractivity contribution is 8.00. The fourth-order valence-corrected chi connectivity index (χ4v) is 2.20. The van der Waals surface area contributed by atoms with E-state index in [2.05, 4.69) is 15.5 Å². The van der Waals surface area contributed by atoms with Crippen LogP contribution in [0.2, 0.25) is 0 Å².